The number of carbonyl (C=O) groups is 1. The van der Waals surface area contributed by atoms with Crippen LogP contribution >= 0.6 is 11.3 Å². The smallest absolute Gasteiger partial charge is 0.263 e. The van der Waals surface area contributed by atoms with E-state index in [1.807, 2.05) is 7.05 Å². The average molecular weight is 256 g/mol. The summed E-state index contributed by atoms with van der Waals surface area (Å²) in [5.74, 6) is -0.0890. The van der Waals surface area contributed by atoms with Gasteiger partial charge < -0.3 is 16.0 Å². The van der Waals surface area contributed by atoms with Crippen molar-refractivity contribution in [3.05, 3.63) is 10.6 Å². The first kappa shape index (κ1) is 13.9. The van der Waals surface area contributed by atoms with Crippen LogP contribution in [-0.4, -0.2) is 42.0 Å². The number of rotatable bonds is 5. The number of hydrogen-bond donors (Lipinski definition) is 2. The average Bonchev–Trinajstić information content (AvgIpc) is 2.57. The SMILES string of the molecule is Cc1nc(N)sc1C(=O)NCCN(C)C(C)C. The molecule has 3 N–H and O–H groups in total. The highest BCUT2D eigenvalue weighted by Crippen LogP contribution is 2.19. The Morgan fingerprint density at radius 2 is 2.24 bits per heavy atom. The molecule has 1 aromatic heterocycles. The molecule has 1 heterocycles. The zero-order valence-electron chi connectivity index (χ0n) is 10.8. The summed E-state index contributed by atoms with van der Waals surface area (Å²) in [5, 5.41) is 3.31. The van der Waals surface area contributed by atoms with Crippen LogP contribution in [0.25, 0.3) is 0 Å². The Kier molecular flexibility index (Phi) is 4.89. The molecule has 1 amide bonds. The van der Waals surface area contributed by atoms with Crippen LogP contribution in [0.15, 0.2) is 0 Å². The molecule has 6 heteroatoms. The van der Waals surface area contributed by atoms with Crippen molar-refractivity contribution in [3.8, 4) is 0 Å². The fraction of sp³-hybridized carbons (Fsp3) is 0.636. The Labute approximate surface area is 106 Å². The summed E-state index contributed by atoms with van der Waals surface area (Å²) in [6.45, 7) is 7.50. The zero-order chi connectivity index (χ0) is 13.0. The molecule has 96 valence electrons. The number of nitrogens with zero attached hydrogens (tertiary/aromatic N) is 2. The molecule has 0 saturated carbocycles. The maximum absolute atomic E-state index is 11.8. The van der Waals surface area contributed by atoms with Crippen molar-refractivity contribution < 1.29 is 4.79 Å². The minimum atomic E-state index is -0.0890. The van der Waals surface area contributed by atoms with E-state index in [2.05, 4.69) is 29.0 Å². The lowest BCUT2D eigenvalue weighted by atomic mass is 10.3. The van der Waals surface area contributed by atoms with E-state index in [9.17, 15) is 4.79 Å². The fourth-order valence-electron chi connectivity index (χ4n) is 1.31. The van der Waals surface area contributed by atoms with E-state index in [1.165, 1.54) is 11.3 Å². The van der Waals surface area contributed by atoms with E-state index >= 15 is 0 Å². The second-order valence-corrected chi connectivity index (χ2v) is 5.33. The maximum Gasteiger partial charge on any atom is 0.263 e. The number of thiazole rings is 1. The van der Waals surface area contributed by atoms with Crippen molar-refractivity contribution in [1.29, 1.82) is 0 Å². The number of amides is 1. The molecule has 0 aliphatic carbocycles. The van der Waals surface area contributed by atoms with Gasteiger partial charge >= 0.3 is 0 Å². The van der Waals surface area contributed by atoms with Crippen LogP contribution in [0.5, 0.6) is 0 Å². The molecule has 17 heavy (non-hydrogen) atoms. The second kappa shape index (κ2) is 5.97. The van der Waals surface area contributed by atoms with Crippen molar-refractivity contribution in [3.63, 3.8) is 0 Å². The van der Waals surface area contributed by atoms with Crippen LogP contribution < -0.4 is 11.1 Å². The molecule has 0 unspecified atom stereocenters. The summed E-state index contributed by atoms with van der Waals surface area (Å²) < 4.78 is 0. The Bertz CT molecular complexity index is 389. The number of nitrogens with two attached hydrogens (primary N) is 1. The van der Waals surface area contributed by atoms with E-state index < -0.39 is 0 Å². The summed E-state index contributed by atoms with van der Waals surface area (Å²) in [6, 6.07) is 0.479. The molecule has 5 nitrogen and oxygen atoms in total. The van der Waals surface area contributed by atoms with E-state index in [0.717, 1.165) is 6.54 Å². The van der Waals surface area contributed by atoms with Gasteiger partial charge in [0.1, 0.15) is 4.88 Å². The van der Waals surface area contributed by atoms with Gasteiger partial charge in [-0.15, -0.1) is 0 Å². The van der Waals surface area contributed by atoms with Crippen LogP contribution in [0, 0.1) is 6.92 Å². The van der Waals surface area contributed by atoms with Crippen LogP contribution in [0.2, 0.25) is 0 Å². The van der Waals surface area contributed by atoms with E-state index in [4.69, 9.17) is 5.73 Å². The monoisotopic (exact) mass is 256 g/mol. The normalized spacial score (nSPS) is 11.2. The summed E-state index contributed by atoms with van der Waals surface area (Å²) in [6.07, 6.45) is 0. The van der Waals surface area contributed by atoms with Gasteiger partial charge in [0.15, 0.2) is 5.13 Å². The van der Waals surface area contributed by atoms with Crippen molar-refractivity contribution >= 4 is 22.4 Å². The van der Waals surface area contributed by atoms with Crippen LogP contribution in [0.3, 0.4) is 0 Å². The third-order valence-corrected chi connectivity index (χ3v) is 3.64. The summed E-state index contributed by atoms with van der Waals surface area (Å²) in [4.78, 5) is 18.6. The molecule has 0 fully saturated rings. The van der Waals surface area contributed by atoms with E-state index in [-0.39, 0.29) is 5.91 Å². The number of carbonyl (C=O) groups excluding carboxylic acids is 1. The molecular formula is C11H20N4OS. The minimum Gasteiger partial charge on any atom is -0.375 e. The predicted octanol–water partition coefficient (Wildman–Crippen LogP) is 1.10. The zero-order valence-corrected chi connectivity index (χ0v) is 11.6. The largest absolute Gasteiger partial charge is 0.375 e. The first-order valence-corrected chi connectivity index (χ1v) is 6.44. The molecule has 1 rings (SSSR count). The lowest BCUT2D eigenvalue weighted by molar-refractivity contribution is 0.0951. The minimum absolute atomic E-state index is 0.0890. The quantitative estimate of drug-likeness (QED) is 0.827. The number of nitrogens with one attached hydrogen (secondary N) is 1. The Morgan fingerprint density at radius 1 is 1.59 bits per heavy atom. The Hall–Kier alpha value is -1.14. The number of hydrogen-bond acceptors (Lipinski definition) is 5. The number of aromatic nitrogens is 1. The number of anilines is 1. The summed E-state index contributed by atoms with van der Waals surface area (Å²) in [7, 11) is 2.03. The topological polar surface area (TPSA) is 71.2 Å². The van der Waals surface area contributed by atoms with Gasteiger partial charge in [0.25, 0.3) is 5.91 Å². The first-order chi connectivity index (χ1) is 7.91. The third-order valence-electron chi connectivity index (χ3n) is 2.65. The number of aryl methyl sites for hydroxylation is 1. The molecule has 0 spiro atoms. The Balaban J connectivity index is 2.43. The molecule has 0 bridgehead atoms. The molecule has 0 atom stereocenters. The summed E-state index contributed by atoms with van der Waals surface area (Å²) in [5.41, 5.74) is 6.25. The van der Waals surface area contributed by atoms with Crippen molar-refractivity contribution in [1.82, 2.24) is 15.2 Å². The number of nitrogen functional groups attached to an aromatic ring is 1. The van der Waals surface area contributed by atoms with Gasteiger partial charge in [0.2, 0.25) is 0 Å². The molecule has 1 aromatic rings. The van der Waals surface area contributed by atoms with Crippen LogP contribution in [0.4, 0.5) is 5.13 Å². The van der Waals surface area contributed by atoms with Crippen molar-refractivity contribution in [2.45, 2.75) is 26.8 Å². The van der Waals surface area contributed by atoms with Gasteiger partial charge in [-0.25, -0.2) is 4.98 Å². The second-order valence-electron chi connectivity index (χ2n) is 4.30. The molecule has 0 aromatic carbocycles. The summed E-state index contributed by atoms with van der Waals surface area (Å²) >= 11 is 1.23. The van der Waals surface area contributed by atoms with Gasteiger partial charge in [-0.1, -0.05) is 11.3 Å². The van der Waals surface area contributed by atoms with Crippen LogP contribution in [-0.2, 0) is 0 Å². The molecule has 0 saturated heterocycles. The maximum atomic E-state index is 11.8. The van der Waals surface area contributed by atoms with Crippen molar-refractivity contribution in [2.24, 2.45) is 0 Å². The van der Waals surface area contributed by atoms with Gasteiger partial charge in [-0.3, -0.25) is 4.79 Å². The lowest BCUT2D eigenvalue weighted by Crippen LogP contribution is -2.36. The van der Waals surface area contributed by atoms with Gasteiger partial charge in [-0.2, -0.15) is 0 Å². The fourth-order valence-corrected chi connectivity index (χ4v) is 2.06. The first-order valence-electron chi connectivity index (χ1n) is 5.63. The highest BCUT2D eigenvalue weighted by molar-refractivity contribution is 7.17. The third kappa shape index (κ3) is 3.98. The van der Waals surface area contributed by atoms with E-state index in [0.29, 0.717) is 28.3 Å². The van der Waals surface area contributed by atoms with Gasteiger partial charge in [0, 0.05) is 19.1 Å². The molecular weight excluding hydrogens is 236 g/mol. The lowest BCUT2D eigenvalue weighted by Gasteiger charge is -2.20. The van der Waals surface area contributed by atoms with Crippen LogP contribution in [0.1, 0.15) is 29.2 Å². The highest BCUT2D eigenvalue weighted by Gasteiger charge is 2.13. The standard InChI is InChI=1S/C11H20N4OS/c1-7(2)15(4)6-5-13-10(16)9-8(3)14-11(12)17-9/h7H,5-6H2,1-4H3,(H2,12,14)(H,13,16). The predicted molar refractivity (Wildman–Crippen MR) is 71.4 cm³/mol. The highest BCUT2D eigenvalue weighted by atomic mass is 32.1. The molecule has 0 radical (unpaired) electrons. The number of likely N-dealkylation sites (N-methyl/N-ethyl adjacent to an activating group) is 1. The Morgan fingerprint density at radius 3 is 2.71 bits per heavy atom. The molecule has 0 aliphatic heterocycles. The van der Waals surface area contributed by atoms with Gasteiger partial charge in [0.05, 0.1) is 5.69 Å². The molecule has 0 aliphatic rings. The van der Waals surface area contributed by atoms with Crippen molar-refractivity contribution in [2.75, 3.05) is 25.9 Å². The van der Waals surface area contributed by atoms with Gasteiger partial charge in [-0.05, 0) is 27.8 Å². The van der Waals surface area contributed by atoms with E-state index in [1.54, 1.807) is 6.92 Å².